The van der Waals surface area contributed by atoms with E-state index in [0.29, 0.717) is 34.9 Å². The molecule has 1 saturated heterocycles. The molecule has 2 aromatic rings. The maximum absolute atomic E-state index is 12.6. The molecule has 7 nitrogen and oxygen atoms in total. The van der Waals surface area contributed by atoms with Crippen molar-refractivity contribution in [2.75, 3.05) is 6.61 Å². The maximum atomic E-state index is 12.6. The molecule has 4 rings (SSSR count). The Balaban J connectivity index is 1.74. The number of nitrogens with zero attached hydrogens (tertiary/aromatic N) is 2. The summed E-state index contributed by atoms with van der Waals surface area (Å²) in [4.78, 5) is 30.9. The SMILES string of the molecule is C=CCOC(=O)C1=C(c2csc(-c3ccco3)n2)CC[C@@H]2[C@H](N)C(=O)N12. The van der Waals surface area contributed by atoms with Crippen LogP contribution in [0.4, 0.5) is 0 Å². The van der Waals surface area contributed by atoms with Crippen molar-refractivity contribution in [3.63, 3.8) is 0 Å². The first-order valence-electron chi connectivity index (χ1n) is 8.21. The van der Waals surface area contributed by atoms with Crippen LogP contribution in [-0.4, -0.2) is 40.5 Å². The summed E-state index contributed by atoms with van der Waals surface area (Å²) in [7, 11) is 0. The first kappa shape index (κ1) is 16.7. The summed E-state index contributed by atoms with van der Waals surface area (Å²) < 4.78 is 10.6. The number of β-lactam (4-membered cyclic amide) rings is 1. The van der Waals surface area contributed by atoms with Crippen LogP contribution in [-0.2, 0) is 14.3 Å². The molecule has 2 aromatic heterocycles. The molecule has 0 spiro atoms. The van der Waals surface area contributed by atoms with Crippen LogP contribution in [0.2, 0.25) is 0 Å². The second-order valence-electron chi connectivity index (χ2n) is 6.07. The molecule has 0 aliphatic carbocycles. The summed E-state index contributed by atoms with van der Waals surface area (Å²) >= 11 is 1.42. The van der Waals surface area contributed by atoms with Gasteiger partial charge in [-0.2, -0.15) is 0 Å². The number of aromatic nitrogens is 1. The summed E-state index contributed by atoms with van der Waals surface area (Å²) in [6, 6.07) is 2.89. The van der Waals surface area contributed by atoms with Crippen molar-refractivity contribution in [1.29, 1.82) is 0 Å². The monoisotopic (exact) mass is 371 g/mol. The second kappa shape index (κ2) is 6.54. The quantitative estimate of drug-likeness (QED) is 0.491. The maximum Gasteiger partial charge on any atom is 0.355 e. The minimum Gasteiger partial charge on any atom is -0.462 e. The van der Waals surface area contributed by atoms with Crippen molar-refractivity contribution in [2.45, 2.75) is 24.9 Å². The van der Waals surface area contributed by atoms with Crippen LogP contribution in [0, 0.1) is 0 Å². The third-order valence-corrected chi connectivity index (χ3v) is 5.41. The van der Waals surface area contributed by atoms with Crippen LogP contribution in [0.3, 0.4) is 0 Å². The van der Waals surface area contributed by atoms with Crippen molar-refractivity contribution in [2.24, 2.45) is 5.73 Å². The fraction of sp³-hybridized carbons (Fsp3) is 0.278. The number of nitrogens with two attached hydrogens (primary N) is 1. The van der Waals surface area contributed by atoms with Crippen molar-refractivity contribution >= 4 is 28.8 Å². The molecule has 8 heteroatoms. The van der Waals surface area contributed by atoms with Gasteiger partial charge in [0.2, 0.25) is 5.91 Å². The molecule has 2 N–H and O–H groups in total. The summed E-state index contributed by atoms with van der Waals surface area (Å²) in [5.74, 6) is -0.162. The normalized spacial score (nSPS) is 22.0. The number of carbonyl (C=O) groups is 2. The molecule has 1 fully saturated rings. The van der Waals surface area contributed by atoms with Crippen LogP contribution in [0.25, 0.3) is 16.3 Å². The average Bonchev–Trinajstić information content (AvgIpc) is 3.35. The van der Waals surface area contributed by atoms with Gasteiger partial charge in [-0.25, -0.2) is 9.78 Å². The number of ether oxygens (including phenoxy) is 1. The number of hydrogen-bond acceptors (Lipinski definition) is 7. The van der Waals surface area contributed by atoms with Crippen LogP contribution in [0.15, 0.2) is 46.5 Å². The topological polar surface area (TPSA) is 98.7 Å². The van der Waals surface area contributed by atoms with Gasteiger partial charge >= 0.3 is 5.97 Å². The zero-order valence-corrected chi connectivity index (χ0v) is 14.7. The van der Waals surface area contributed by atoms with Gasteiger partial charge in [-0.15, -0.1) is 11.3 Å². The van der Waals surface area contributed by atoms with Crippen LogP contribution in [0.1, 0.15) is 18.5 Å². The predicted molar refractivity (Wildman–Crippen MR) is 95.7 cm³/mol. The van der Waals surface area contributed by atoms with Gasteiger partial charge in [0, 0.05) is 11.0 Å². The molecular weight excluding hydrogens is 354 g/mol. The molecular formula is C18H17N3O4S. The van der Waals surface area contributed by atoms with Gasteiger partial charge < -0.3 is 14.9 Å². The van der Waals surface area contributed by atoms with E-state index < -0.39 is 12.0 Å². The van der Waals surface area contributed by atoms with E-state index in [1.165, 1.54) is 22.3 Å². The number of esters is 1. The number of thiazole rings is 1. The Morgan fingerprint density at radius 1 is 1.58 bits per heavy atom. The van der Waals surface area contributed by atoms with E-state index in [1.54, 1.807) is 12.3 Å². The first-order chi connectivity index (χ1) is 12.6. The van der Waals surface area contributed by atoms with E-state index in [-0.39, 0.29) is 24.3 Å². The summed E-state index contributed by atoms with van der Waals surface area (Å²) in [6.45, 7) is 3.62. The minimum atomic E-state index is -0.562. The minimum absolute atomic E-state index is 0.0725. The average molecular weight is 371 g/mol. The fourth-order valence-electron chi connectivity index (χ4n) is 3.31. The summed E-state index contributed by atoms with van der Waals surface area (Å²) in [5.41, 5.74) is 7.48. The largest absolute Gasteiger partial charge is 0.462 e. The van der Waals surface area contributed by atoms with Crippen molar-refractivity contribution in [3.8, 4) is 10.8 Å². The van der Waals surface area contributed by atoms with Gasteiger partial charge in [0.05, 0.1) is 18.0 Å². The Labute approximate surface area is 153 Å². The van der Waals surface area contributed by atoms with Crippen LogP contribution in [0.5, 0.6) is 0 Å². The highest BCUT2D eigenvalue weighted by atomic mass is 32.1. The van der Waals surface area contributed by atoms with Gasteiger partial charge in [-0.05, 0) is 25.0 Å². The Kier molecular flexibility index (Phi) is 4.21. The third-order valence-electron chi connectivity index (χ3n) is 4.56. The molecule has 2 atom stereocenters. The van der Waals surface area contributed by atoms with E-state index >= 15 is 0 Å². The molecule has 4 heterocycles. The van der Waals surface area contributed by atoms with Crippen LogP contribution < -0.4 is 5.73 Å². The Morgan fingerprint density at radius 3 is 3.15 bits per heavy atom. The standard InChI is InChI=1S/C18H17N3O4S/c1-2-7-25-18(23)15-10(5-6-12-14(19)17(22)21(12)15)11-9-26-16(20-11)13-4-3-8-24-13/h2-4,8-9,12,14H,1,5-7,19H2/t12-,14+/m1/s1. The Bertz CT molecular complexity index is 899. The highest BCUT2D eigenvalue weighted by molar-refractivity contribution is 7.13. The number of amides is 1. The summed E-state index contributed by atoms with van der Waals surface area (Å²) in [6.07, 6.45) is 4.36. The number of allylic oxidation sites excluding steroid dienone is 1. The lowest BCUT2D eigenvalue weighted by Crippen LogP contribution is -2.69. The summed E-state index contributed by atoms with van der Waals surface area (Å²) in [5, 5.41) is 2.57. The van der Waals surface area contributed by atoms with Gasteiger partial charge in [0.25, 0.3) is 0 Å². The molecule has 1 amide bonds. The zero-order valence-electron chi connectivity index (χ0n) is 13.9. The predicted octanol–water partition coefficient (Wildman–Crippen LogP) is 2.18. The van der Waals surface area contributed by atoms with Crippen molar-refractivity contribution < 1.29 is 18.7 Å². The van der Waals surface area contributed by atoms with Gasteiger partial charge in [0.1, 0.15) is 18.3 Å². The molecule has 0 unspecified atom stereocenters. The van der Waals surface area contributed by atoms with Gasteiger partial charge in [-0.3, -0.25) is 9.69 Å². The van der Waals surface area contributed by atoms with Gasteiger partial charge in [0.15, 0.2) is 10.8 Å². The third kappa shape index (κ3) is 2.58. The van der Waals surface area contributed by atoms with Gasteiger partial charge in [-0.1, -0.05) is 12.7 Å². The molecule has 0 saturated carbocycles. The molecule has 0 radical (unpaired) electrons. The number of furan rings is 1. The second-order valence-corrected chi connectivity index (χ2v) is 6.93. The number of fused-ring (bicyclic) bond motifs is 1. The lowest BCUT2D eigenvalue weighted by atomic mass is 9.83. The van der Waals surface area contributed by atoms with E-state index in [9.17, 15) is 9.59 Å². The number of hydrogen-bond donors (Lipinski definition) is 1. The number of rotatable bonds is 5. The lowest BCUT2D eigenvalue weighted by Gasteiger charge is -2.48. The van der Waals surface area contributed by atoms with E-state index in [2.05, 4.69) is 11.6 Å². The van der Waals surface area contributed by atoms with Crippen LogP contribution >= 0.6 is 11.3 Å². The molecule has 0 bridgehead atoms. The Morgan fingerprint density at radius 2 is 2.42 bits per heavy atom. The highest BCUT2D eigenvalue weighted by Crippen LogP contribution is 2.41. The molecule has 0 aromatic carbocycles. The molecule has 2 aliphatic heterocycles. The van der Waals surface area contributed by atoms with E-state index in [1.807, 2.05) is 11.4 Å². The molecule has 26 heavy (non-hydrogen) atoms. The first-order valence-corrected chi connectivity index (χ1v) is 9.09. The van der Waals surface area contributed by atoms with E-state index in [0.717, 1.165) is 0 Å². The smallest absolute Gasteiger partial charge is 0.355 e. The van der Waals surface area contributed by atoms with Crippen molar-refractivity contribution in [1.82, 2.24) is 9.88 Å². The fourth-order valence-corrected chi connectivity index (χ4v) is 4.11. The Hall–Kier alpha value is -2.71. The number of carbonyl (C=O) groups excluding carboxylic acids is 2. The lowest BCUT2D eigenvalue weighted by molar-refractivity contribution is -0.154. The molecule has 2 aliphatic rings. The molecule has 134 valence electrons. The van der Waals surface area contributed by atoms with Crippen molar-refractivity contribution in [3.05, 3.63) is 47.8 Å². The highest BCUT2D eigenvalue weighted by Gasteiger charge is 2.51. The van der Waals surface area contributed by atoms with E-state index in [4.69, 9.17) is 14.9 Å². The zero-order chi connectivity index (χ0) is 18.3.